The van der Waals surface area contributed by atoms with E-state index in [1.165, 1.54) is 5.56 Å². The molecule has 2 aromatic carbocycles. The number of aryl methyl sites for hydroxylation is 2. The molecule has 0 radical (unpaired) electrons. The third-order valence-corrected chi connectivity index (χ3v) is 6.52. The number of phenolic OH excluding ortho intramolecular Hbond substituents is 1. The van der Waals surface area contributed by atoms with Crippen molar-refractivity contribution in [3.05, 3.63) is 63.8 Å². The predicted octanol–water partition coefficient (Wildman–Crippen LogP) is 6.21. The highest BCUT2D eigenvalue weighted by molar-refractivity contribution is 7.80. The molecule has 3 rings (SSSR count). The summed E-state index contributed by atoms with van der Waals surface area (Å²) < 4.78 is 0. The largest absolute Gasteiger partial charge is 0.507 e. The lowest BCUT2D eigenvalue weighted by Gasteiger charge is -2.28. The highest BCUT2D eigenvalue weighted by Crippen LogP contribution is 2.40. The van der Waals surface area contributed by atoms with Crippen LogP contribution in [0.3, 0.4) is 0 Å². The maximum atomic E-state index is 13.4. The van der Waals surface area contributed by atoms with Gasteiger partial charge in [-0.2, -0.15) is 0 Å². The summed E-state index contributed by atoms with van der Waals surface area (Å²) >= 11 is 5.63. The van der Waals surface area contributed by atoms with Gasteiger partial charge in [0.1, 0.15) is 11.4 Å². The summed E-state index contributed by atoms with van der Waals surface area (Å²) in [6.07, 6.45) is 1.87. The number of amides is 1. The summed E-state index contributed by atoms with van der Waals surface area (Å²) in [7, 11) is 1.82. The van der Waals surface area contributed by atoms with Crippen LogP contribution in [0.1, 0.15) is 69.4 Å². The van der Waals surface area contributed by atoms with Crippen LogP contribution in [0.5, 0.6) is 5.75 Å². The molecule has 5 heteroatoms. The monoisotopic (exact) mass is 450 g/mol. The van der Waals surface area contributed by atoms with Gasteiger partial charge in [-0.3, -0.25) is 9.69 Å². The summed E-state index contributed by atoms with van der Waals surface area (Å²) in [4.78, 5) is 16.8. The van der Waals surface area contributed by atoms with Crippen molar-refractivity contribution in [2.45, 2.75) is 66.2 Å². The maximum Gasteiger partial charge on any atom is 0.281 e. The van der Waals surface area contributed by atoms with E-state index in [0.717, 1.165) is 27.9 Å². The van der Waals surface area contributed by atoms with Gasteiger partial charge in [-0.05, 0) is 83.9 Å². The SMILES string of the molecule is Cc1ccc(N2C(=O)C(=Cc3cc(C(C)(C)C)c(O)c(C(C)(C)C)c3)N(C)C2=S)cc1C. The van der Waals surface area contributed by atoms with Crippen molar-refractivity contribution < 1.29 is 9.90 Å². The molecule has 1 heterocycles. The zero-order chi connectivity index (χ0) is 24.2. The van der Waals surface area contributed by atoms with Crippen LogP contribution in [0.2, 0.25) is 0 Å². The number of anilines is 1. The van der Waals surface area contributed by atoms with Gasteiger partial charge >= 0.3 is 0 Å². The van der Waals surface area contributed by atoms with Gasteiger partial charge in [0.25, 0.3) is 5.91 Å². The topological polar surface area (TPSA) is 43.8 Å². The second-order valence-electron chi connectivity index (χ2n) is 10.7. The Hall–Kier alpha value is -2.66. The fourth-order valence-electron chi connectivity index (χ4n) is 3.89. The smallest absolute Gasteiger partial charge is 0.281 e. The number of likely N-dealkylation sites (N-methyl/N-ethyl adjacent to an activating group) is 1. The number of aromatic hydroxyl groups is 1. The van der Waals surface area contributed by atoms with Crippen LogP contribution in [0.4, 0.5) is 5.69 Å². The number of phenols is 1. The van der Waals surface area contributed by atoms with Crippen LogP contribution in [0.15, 0.2) is 36.0 Å². The van der Waals surface area contributed by atoms with Crippen molar-refractivity contribution in [2.75, 3.05) is 11.9 Å². The average Bonchev–Trinajstić information content (AvgIpc) is 2.87. The van der Waals surface area contributed by atoms with Gasteiger partial charge < -0.3 is 10.0 Å². The molecule has 0 atom stereocenters. The average molecular weight is 451 g/mol. The van der Waals surface area contributed by atoms with Gasteiger partial charge in [-0.15, -0.1) is 0 Å². The molecule has 0 unspecified atom stereocenters. The molecule has 0 spiro atoms. The number of carbonyl (C=O) groups excluding carboxylic acids is 1. The molecular formula is C27H34N2O2S. The Labute approximate surface area is 197 Å². The van der Waals surface area contributed by atoms with Gasteiger partial charge in [0.15, 0.2) is 5.11 Å². The first kappa shape index (κ1) is 24.0. The van der Waals surface area contributed by atoms with E-state index in [-0.39, 0.29) is 16.7 Å². The van der Waals surface area contributed by atoms with Gasteiger partial charge in [-0.25, -0.2) is 0 Å². The van der Waals surface area contributed by atoms with Gasteiger partial charge in [0, 0.05) is 18.2 Å². The lowest BCUT2D eigenvalue weighted by molar-refractivity contribution is -0.114. The van der Waals surface area contributed by atoms with Crippen molar-refractivity contribution in [2.24, 2.45) is 0 Å². The van der Waals surface area contributed by atoms with E-state index in [9.17, 15) is 9.90 Å². The predicted molar refractivity (Wildman–Crippen MR) is 137 cm³/mol. The molecule has 1 fully saturated rings. The van der Waals surface area contributed by atoms with Gasteiger partial charge in [0.2, 0.25) is 0 Å². The molecular weight excluding hydrogens is 416 g/mol. The number of carbonyl (C=O) groups is 1. The van der Waals surface area contributed by atoms with Crippen molar-refractivity contribution in [1.82, 2.24) is 4.90 Å². The normalized spacial score (nSPS) is 16.5. The van der Waals surface area contributed by atoms with E-state index < -0.39 is 0 Å². The van der Waals surface area contributed by atoms with Crippen LogP contribution in [0, 0.1) is 13.8 Å². The standard InChI is InChI=1S/C27H34N2O2S/c1-16-10-11-19(12-17(16)2)29-24(31)22(28(9)25(29)32)15-18-13-20(26(3,4)5)23(30)21(14-18)27(6,7)8/h10-15,30H,1-9H3. The number of thiocarbonyl (C=S) groups is 1. The molecule has 32 heavy (non-hydrogen) atoms. The Morgan fingerprint density at radius 1 is 0.906 bits per heavy atom. The van der Waals surface area contributed by atoms with Crippen LogP contribution >= 0.6 is 12.2 Å². The first-order valence-electron chi connectivity index (χ1n) is 10.9. The molecule has 2 aromatic rings. The van der Waals surface area contributed by atoms with Crippen molar-refractivity contribution >= 4 is 35.0 Å². The fraction of sp³-hybridized carbons (Fsp3) is 0.407. The minimum atomic E-state index is -0.245. The third-order valence-electron chi connectivity index (χ3n) is 6.06. The molecule has 1 N–H and O–H groups in total. The van der Waals surface area contributed by atoms with Crippen LogP contribution in [-0.4, -0.2) is 28.1 Å². The first-order valence-corrected chi connectivity index (χ1v) is 11.3. The third kappa shape index (κ3) is 4.31. The lowest BCUT2D eigenvalue weighted by atomic mass is 9.78. The summed E-state index contributed by atoms with van der Waals surface area (Å²) in [5.74, 6) is 0.175. The first-order chi connectivity index (χ1) is 14.6. The van der Waals surface area contributed by atoms with E-state index in [0.29, 0.717) is 16.6 Å². The quantitative estimate of drug-likeness (QED) is 0.436. The summed E-state index contributed by atoms with van der Waals surface area (Å²) in [5, 5.41) is 11.5. The number of hydrogen-bond donors (Lipinski definition) is 1. The molecule has 0 bridgehead atoms. The highest BCUT2D eigenvalue weighted by Gasteiger charge is 2.37. The molecule has 0 aromatic heterocycles. The van der Waals surface area contributed by atoms with Crippen LogP contribution in [0.25, 0.3) is 6.08 Å². The van der Waals surface area contributed by atoms with Crippen molar-refractivity contribution in [1.29, 1.82) is 0 Å². The summed E-state index contributed by atoms with van der Waals surface area (Å²) in [5.41, 5.74) is 5.67. The second-order valence-corrected chi connectivity index (χ2v) is 11.1. The summed E-state index contributed by atoms with van der Waals surface area (Å²) in [6, 6.07) is 9.87. The number of hydrogen-bond acceptors (Lipinski definition) is 3. The molecule has 0 aliphatic carbocycles. The Kier molecular flexibility index (Phi) is 6.03. The van der Waals surface area contributed by atoms with E-state index in [4.69, 9.17) is 12.2 Å². The zero-order valence-electron chi connectivity index (χ0n) is 20.6. The number of rotatable bonds is 2. The Morgan fingerprint density at radius 2 is 1.44 bits per heavy atom. The Morgan fingerprint density at radius 3 is 1.91 bits per heavy atom. The molecule has 1 saturated heterocycles. The highest BCUT2D eigenvalue weighted by atomic mass is 32.1. The number of nitrogens with zero attached hydrogens (tertiary/aromatic N) is 2. The zero-order valence-corrected chi connectivity index (χ0v) is 21.4. The van der Waals surface area contributed by atoms with Crippen molar-refractivity contribution in [3.8, 4) is 5.75 Å². The molecule has 170 valence electrons. The van der Waals surface area contributed by atoms with Crippen LogP contribution in [-0.2, 0) is 15.6 Å². The van der Waals surface area contributed by atoms with Gasteiger partial charge in [-0.1, -0.05) is 47.6 Å². The fourth-order valence-corrected chi connectivity index (χ4v) is 4.18. The minimum absolute atomic E-state index is 0.150. The molecule has 1 aliphatic rings. The molecule has 4 nitrogen and oxygen atoms in total. The van der Waals surface area contributed by atoms with E-state index >= 15 is 0 Å². The van der Waals surface area contributed by atoms with Crippen molar-refractivity contribution in [3.63, 3.8) is 0 Å². The van der Waals surface area contributed by atoms with E-state index in [2.05, 4.69) is 41.5 Å². The van der Waals surface area contributed by atoms with E-state index in [1.54, 1.807) is 9.80 Å². The van der Waals surface area contributed by atoms with Crippen LogP contribution < -0.4 is 4.90 Å². The Balaban J connectivity index is 2.14. The number of benzene rings is 2. The second kappa shape index (κ2) is 8.04. The molecule has 1 amide bonds. The maximum absolute atomic E-state index is 13.4. The minimum Gasteiger partial charge on any atom is -0.507 e. The van der Waals surface area contributed by atoms with Gasteiger partial charge in [0.05, 0.1) is 5.69 Å². The van der Waals surface area contributed by atoms with E-state index in [1.807, 2.05) is 57.3 Å². The molecule has 1 aliphatic heterocycles. The summed E-state index contributed by atoms with van der Waals surface area (Å²) in [6.45, 7) is 16.5. The molecule has 0 saturated carbocycles. The lowest BCUT2D eigenvalue weighted by Crippen LogP contribution is -2.31. The Bertz CT molecular complexity index is 1100.